The molecule has 0 amide bonds. The fourth-order valence-electron chi connectivity index (χ4n) is 1.78. The molecule has 0 radical (unpaired) electrons. The van der Waals surface area contributed by atoms with Crippen LogP contribution in [0.4, 0.5) is 0 Å². The Bertz CT molecular complexity index is 378. The first-order valence-corrected chi connectivity index (χ1v) is 6.57. The maximum absolute atomic E-state index is 3.48. The Morgan fingerprint density at radius 3 is 3.06 bits per heavy atom. The molecule has 16 heavy (non-hydrogen) atoms. The number of aromatic nitrogens is 1. The summed E-state index contributed by atoms with van der Waals surface area (Å²) in [6.45, 7) is 4.32. The zero-order chi connectivity index (χ0) is 11.2. The molecule has 2 aromatic rings. The molecule has 0 aliphatic heterocycles. The van der Waals surface area contributed by atoms with Crippen molar-refractivity contribution >= 4 is 11.3 Å². The van der Waals surface area contributed by atoms with Gasteiger partial charge in [-0.15, -0.1) is 11.3 Å². The normalized spacial score (nSPS) is 12.8. The number of aromatic amines is 1. The van der Waals surface area contributed by atoms with Crippen LogP contribution in [0.2, 0.25) is 0 Å². The molecule has 0 aliphatic rings. The minimum absolute atomic E-state index is 0.692. The molecule has 0 aliphatic carbocycles. The van der Waals surface area contributed by atoms with Crippen molar-refractivity contribution in [3.63, 3.8) is 0 Å². The Morgan fingerprint density at radius 1 is 1.44 bits per heavy atom. The van der Waals surface area contributed by atoms with Crippen LogP contribution in [0, 0.1) is 5.92 Å². The van der Waals surface area contributed by atoms with Gasteiger partial charge in [-0.25, -0.2) is 0 Å². The van der Waals surface area contributed by atoms with Gasteiger partial charge in [0.15, 0.2) is 0 Å². The quantitative estimate of drug-likeness (QED) is 0.790. The van der Waals surface area contributed by atoms with E-state index in [2.05, 4.69) is 40.8 Å². The van der Waals surface area contributed by atoms with Gasteiger partial charge in [0.2, 0.25) is 0 Å². The Hall–Kier alpha value is -1.06. The average Bonchev–Trinajstić information content (AvgIpc) is 2.90. The summed E-state index contributed by atoms with van der Waals surface area (Å²) in [5, 5.41) is 5.63. The van der Waals surface area contributed by atoms with Crippen LogP contribution in [0.5, 0.6) is 0 Å². The van der Waals surface area contributed by atoms with E-state index in [9.17, 15) is 0 Å². The molecule has 2 rings (SSSR count). The predicted molar refractivity (Wildman–Crippen MR) is 69.7 cm³/mol. The zero-order valence-corrected chi connectivity index (χ0v) is 10.4. The molecular formula is C13H18N2S. The molecule has 2 N–H and O–H groups in total. The van der Waals surface area contributed by atoms with Crippen LogP contribution in [-0.4, -0.2) is 11.5 Å². The summed E-state index contributed by atoms with van der Waals surface area (Å²) >= 11 is 1.85. The number of H-pyrrole nitrogens is 1. The van der Waals surface area contributed by atoms with Crippen LogP contribution in [0.3, 0.4) is 0 Å². The second-order valence-electron chi connectivity index (χ2n) is 4.24. The number of nitrogens with one attached hydrogen (secondary N) is 2. The fourth-order valence-corrected chi connectivity index (χ4v) is 2.65. The third-order valence-electron chi connectivity index (χ3n) is 2.61. The van der Waals surface area contributed by atoms with Crippen LogP contribution in [0.1, 0.15) is 17.4 Å². The molecule has 0 bridgehead atoms. The molecule has 0 fully saturated rings. The van der Waals surface area contributed by atoms with Gasteiger partial charge in [0.05, 0.1) is 0 Å². The predicted octanol–water partition coefficient (Wildman–Crippen LogP) is 3.04. The molecule has 0 spiro atoms. The highest BCUT2D eigenvalue weighted by Crippen LogP contribution is 2.13. The van der Waals surface area contributed by atoms with E-state index in [-0.39, 0.29) is 0 Å². The second kappa shape index (κ2) is 5.87. The third-order valence-corrected chi connectivity index (χ3v) is 3.51. The molecule has 3 heteroatoms. The van der Waals surface area contributed by atoms with E-state index in [0.29, 0.717) is 5.92 Å². The van der Waals surface area contributed by atoms with Gasteiger partial charge in [-0.2, -0.15) is 0 Å². The first-order chi connectivity index (χ1) is 7.84. The maximum Gasteiger partial charge on any atom is 0.0220 e. The number of hydrogen-bond acceptors (Lipinski definition) is 2. The second-order valence-corrected chi connectivity index (χ2v) is 5.27. The highest BCUT2D eigenvalue weighted by Gasteiger charge is 2.04. The maximum atomic E-state index is 3.48. The van der Waals surface area contributed by atoms with Crippen molar-refractivity contribution in [3.8, 4) is 0 Å². The Balaban J connectivity index is 1.66. The lowest BCUT2D eigenvalue weighted by molar-refractivity contribution is 0.514. The number of hydrogen-bond donors (Lipinski definition) is 2. The van der Waals surface area contributed by atoms with E-state index >= 15 is 0 Å². The minimum Gasteiger partial charge on any atom is -0.367 e. The zero-order valence-electron chi connectivity index (χ0n) is 9.57. The average molecular weight is 234 g/mol. The highest BCUT2D eigenvalue weighted by atomic mass is 32.1. The summed E-state index contributed by atoms with van der Waals surface area (Å²) in [5.41, 5.74) is 1.32. The van der Waals surface area contributed by atoms with Gasteiger partial charge in [-0.1, -0.05) is 13.0 Å². The highest BCUT2D eigenvalue weighted by molar-refractivity contribution is 7.09. The van der Waals surface area contributed by atoms with Gasteiger partial charge in [-0.05, 0) is 42.0 Å². The van der Waals surface area contributed by atoms with E-state index in [0.717, 1.165) is 13.1 Å². The smallest absolute Gasteiger partial charge is 0.0220 e. The van der Waals surface area contributed by atoms with Crippen molar-refractivity contribution in [2.75, 3.05) is 6.54 Å². The monoisotopic (exact) mass is 234 g/mol. The first-order valence-electron chi connectivity index (χ1n) is 5.69. The summed E-state index contributed by atoms with van der Waals surface area (Å²) < 4.78 is 0. The van der Waals surface area contributed by atoms with Gasteiger partial charge < -0.3 is 10.3 Å². The van der Waals surface area contributed by atoms with Crippen LogP contribution in [0.15, 0.2) is 36.0 Å². The lowest BCUT2D eigenvalue weighted by Crippen LogP contribution is -2.21. The topological polar surface area (TPSA) is 27.8 Å². The largest absolute Gasteiger partial charge is 0.367 e. The van der Waals surface area contributed by atoms with Gasteiger partial charge in [0.1, 0.15) is 0 Å². The van der Waals surface area contributed by atoms with Gasteiger partial charge >= 0.3 is 0 Å². The molecule has 2 heterocycles. The number of rotatable bonds is 6. The molecule has 0 saturated carbocycles. The van der Waals surface area contributed by atoms with Crippen LogP contribution in [-0.2, 0) is 13.0 Å². The summed E-state index contributed by atoms with van der Waals surface area (Å²) in [4.78, 5) is 4.55. The summed E-state index contributed by atoms with van der Waals surface area (Å²) in [6.07, 6.45) is 5.18. The first kappa shape index (κ1) is 11.4. The Morgan fingerprint density at radius 2 is 2.38 bits per heavy atom. The molecule has 0 saturated heterocycles. The van der Waals surface area contributed by atoms with E-state index in [1.54, 1.807) is 0 Å². The van der Waals surface area contributed by atoms with Crippen LogP contribution >= 0.6 is 11.3 Å². The van der Waals surface area contributed by atoms with Crippen molar-refractivity contribution in [1.29, 1.82) is 0 Å². The summed E-state index contributed by atoms with van der Waals surface area (Å²) in [6, 6.07) is 6.45. The van der Waals surface area contributed by atoms with E-state index < -0.39 is 0 Å². The van der Waals surface area contributed by atoms with Gasteiger partial charge in [0.25, 0.3) is 0 Å². The SMILES string of the molecule is CC(CNCc1cc[nH]c1)Cc1cccs1. The molecule has 1 unspecified atom stereocenters. The molecule has 0 aromatic carbocycles. The van der Waals surface area contributed by atoms with Crippen LogP contribution in [0.25, 0.3) is 0 Å². The third kappa shape index (κ3) is 3.51. The summed E-state index contributed by atoms with van der Waals surface area (Å²) in [7, 11) is 0. The van der Waals surface area contributed by atoms with Crippen LogP contribution < -0.4 is 5.32 Å². The minimum atomic E-state index is 0.692. The molecule has 1 atom stereocenters. The van der Waals surface area contributed by atoms with E-state index in [1.807, 2.05) is 23.7 Å². The fraction of sp³-hybridized carbons (Fsp3) is 0.385. The van der Waals surface area contributed by atoms with Crippen molar-refractivity contribution < 1.29 is 0 Å². The summed E-state index contributed by atoms with van der Waals surface area (Å²) in [5.74, 6) is 0.692. The van der Waals surface area contributed by atoms with Crippen molar-refractivity contribution in [1.82, 2.24) is 10.3 Å². The molecule has 2 aromatic heterocycles. The number of thiophene rings is 1. The van der Waals surface area contributed by atoms with E-state index in [4.69, 9.17) is 0 Å². The molecule has 2 nitrogen and oxygen atoms in total. The molecular weight excluding hydrogens is 216 g/mol. The van der Waals surface area contributed by atoms with E-state index in [1.165, 1.54) is 16.9 Å². The van der Waals surface area contributed by atoms with Gasteiger partial charge in [0, 0.05) is 23.8 Å². The van der Waals surface area contributed by atoms with Crippen molar-refractivity contribution in [3.05, 3.63) is 46.4 Å². The lowest BCUT2D eigenvalue weighted by Gasteiger charge is -2.10. The standard InChI is InChI=1S/C13H18N2S/c1-11(7-13-3-2-6-16-13)8-15-10-12-4-5-14-9-12/h2-6,9,11,14-15H,7-8,10H2,1H3. The van der Waals surface area contributed by atoms with Crippen molar-refractivity contribution in [2.45, 2.75) is 19.9 Å². The Labute approximate surface area is 101 Å². The lowest BCUT2D eigenvalue weighted by atomic mass is 10.1. The van der Waals surface area contributed by atoms with Crippen molar-refractivity contribution in [2.24, 2.45) is 5.92 Å². The van der Waals surface area contributed by atoms with Gasteiger partial charge in [-0.3, -0.25) is 0 Å². The molecule has 86 valence electrons. The Kier molecular flexibility index (Phi) is 4.19.